The molecule has 1 nitrogen and oxygen atoms in total. The fourth-order valence-corrected chi connectivity index (χ4v) is 4.97. The van der Waals surface area contributed by atoms with Crippen LogP contribution in [-0.2, 0) is 6.42 Å². The van der Waals surface area contributed by atoms with Crippen molar-refractivity contribution in [2.24, 2.45) is 0 Å². The number of nitrogens with one attached hydrogen (secondary N) is 1. The van der Waals surface area contributed by atoms with E-state index in [0.717, 1.165) is 6.54 Å². The Bertz CT molecular complexity index is 469. The molecule has 1 aromatic rings. The summed E-state index contributed by atoms with van der Waals surface area (Å²) in [5.41, 5.74) is 3.23. The van der Waals surface area contributed by atoms with Gasteiger partial charge in [-0.3, -0.25) is 0 Å². The highest BCUT2D eigenvalue weighted by Gasteiger charge is 2.31. The number of rotatable bonds is 5. The van der Waals surface area contributed by atoms with Gasteiger partial charge in [0, 0.05) is 16.2 Å². The van der Waals surface area contributed by atoms with E-state index in [2.05, 4.69) is 54.3 Å². The predicted molar refractivity (Wildman–Crippen MR) is 93.0 cm³/mol. The Morgan fingerprint density at radius 1 is 1.24 bits per heavy atom. The van der Waals surface area contributed by atoms with Crippen LogP contribution in [0.25, 0.3) is 0 Å². The summed E-state index contributed by atoms with van der Waals surface area (Å²) in [7, 11) is 0. The van der Waals surface area contributed by atoms with E-state index in [9.17, 15) is 0 Å². The Labute approximate surface area is 133 Å². The van der Waals surface area contributed by atoms with Gasteiger partial charge in [0.1, 0.15) is 0 Å². The normalized spacial score (nSPS) is 23.3. The molecule has 0 fully saturated rings. The lowest BCUT2D eigenvalue weighted by Crippen LogP contribution is -2.40. The van der Waals surface area contributed by atoms with E-state index in [1.807, 2.05) is 0 Å². The number of hydrogen-bond acceptors (Lipinski definition) is 2. The largest absolute Gasteiger partial charge is 0.309 e. The van der Waals surface area contributed by atoms with Crippen LogP contribution in [0.3, 0.4) is 0 Å². The molecule has 0 spiro atoms. The molecule has 0 aromatic heterocycles. The number of hydrogen-bond donors (Lipinski definition) is 1. The lowest BCUT2D eigenvalue weighted by atomic mass is 9.95. The van der Waals surface area contributed by atoms with Crippen molar-refractivity contribution in [3.8, 4) is 0 Å². The van der Waals surface area contributed by atoms with E-state index in [4.69, 9.17) is 0 Å². The first-order chi connectivity index (χ1) is 10.4. The molecule has 2 atom stereocenters. The molecule has 0 saturated heterocycles. The van der Waals surface area contributed by atoms with E-state index < -0.39 is 0 Å². The maximum atomic E-state index is 3.85. The Morgan fingerprint density at radius 2 is 2.14 bits per heavy atom. The molecule has 3 rings (SSSR count). The van der Waals surface area contributed by atoms with Crippen LogP contribution in [0.5, 0.6) is 0 Å². The van der Waals surface area contributed by atoms with Gasteiger partial charge in [-0.25, -0.2) is 0 Å². The van der Waals surface area contributed by atoms with Gasteiger partial charge in [-0.2, -0.15) is 0 Å². The number of benzene rings is 1. The molecule has 0 saturated carbocycles. The van der Waals surface area contributed by atoms with E-state index >= 15 is 0 Å². The van der Waals surface area contributed by atoms with Crippen LogP contribution in [0, 0.1) is 0 Å². The van der Waals surface area contributed by atoms with Gasteiger partial charge < -0.3 is 5.32 Å². The summed E-state index contributed by atoms with van der Waals surface area (Å²) in [6.07, 6.45) is 11.7. The summed E-state index contributed by atoms with van der Waals surface area (Å²) in [6, 6.07) is 9.52. The average Bonchev–Trinajstić information content (AvgIpc) is 2.75. The van der Waals surface area contributed by atoms with Gasteiger partial charge in [0.15, 0.2) is 0 Å². The van der Waals surface area contributed by atoms with Crippen molar-refractivity contribution in [1.82, 2.24) is 5.32 Å². The molecule has 1 heterocycles. The summed E-state index contributed by atoms with van der Waals surface area (Å²) in [5, 5.41) is 4.53. The van der Waals surface area contributed by atoms with Crippen molar-refractivity contribution in [3.05, 3.63) is 41.5 Å². The summed E-state index contributed by atoms with van der Waals surface area (Å²) in [4.78, 5) is 1.50. The third kappa shape index (κ3) is 3.73. The molecule has 1 aromatic carbocycles. The Balaban J connectivity index is 1.75. The van der Waals surface area contributed by atoms with Gasteiger partial charge in [0.05, 0.1) is 0 Å². The third-order valence-electron chi connectivity index (χ3n) is 4.63. The monoisotopic (exact) mass is 301 g/mol. The van der Waals surface area contributed by atoms with Crippen molar-refractivity contribution >= 4 is 11.8 Å². The first-order valence-electron chi connectivity index (χ1n) is 8.55. The summed E-state index contributed by atoms with van der Waals surface area (Å²) in [6.45, 7) is 3.40. The van der Waals surface area contributed by atoms with Crippen LogP contribution in [0.15, 0.2) is 40.8 Å². The SMILES string of the molecule is CCCNC(C1=CCCCCC1)C1Cc2ccccc2S1. The fraction of sp³-hybridized carbons (Fsp3) is 0.579. The zero-order valence-electron chi connectivity index (χ0n) is 13.1. The quantitative estimate of drug-likeness (QED) is 0.771. The maximum Gasteiger partial charge on any atom is 0.0406 e. The summed E-state index contributed by atoms with van der Waals surface area (Å²) >= 11 is 2.09. The Morgan fingerprint density at radius 3 is 3.00 bits per heavy atom. The smallest absolute Gasteiger partial charge is 0.0406 e. The minimum absolute atomic E-state index is 0.570. The lowest BCUT2D eigenvalue weighted by Gasteiger charge is -2.27. The molecule has 21 heavy (non-hydrogen) atoms. The van der Waals surface area contributed by atoms with Crippen molar-refractivity contribution in [1.29, 1.82) is 0 Å². The Hall–Kier alpha value is -0.730. The molecule has 2 unspecified atom stereocenters. The highest BCUT2D eigenvalue weighted by molar-refractivity contribution is 8.00. The van der Waals surface area contributed by atoms with Crippen LogP contribution < -0.4 is 5.32 Å². The van der Waals surface area contributed by atoms with Crippen LogP contribution >= 0.6 is 11.8 Å². The second kappa shape index (κ2) is 7.51. The van der Waals surface area contributed by atoms with Gasteiger partial charge in [-0.1, -0.05) is 43.2 Å². The highest BCUT2D eigenvalue weighted by atomic mass is 32.2. The molecule has 0 radical (unpaired) electrons. The number of thioether (sulfide) groups is 1. The van der Waals surface area contributed by atoms with Crippen LogP contribution in [-0.4, -0.2) is 17.8 Å². The van der Waals surface area contributed by atoms with Gasteiger partial charge in [-0.05, 0) is 56.7 Å². The summed E-state index contributed by atoms with van der Waals surface area (Å²) in [5.74, 6) is 0. The molecular weight excluding hydrogens is 274 g/mol. The predicted octanol–water partition coefficient (Wildman–Crippen LogP) is 4.96. The number of fused-ring (bicyclic) bond motifs is 1. The second-order valence-electron chi connectivity index (χ2n) is 6.28. The minimum atomic E-state index is 0.570. The van der Waals surface area contributed by atoms with E-state index in [1.54, 1.807) is 11.1 Å². The van der Waals surface area contributed by atoms with Crippen LogP contribution in [0.2, 0.25) is 0 Å². The first kappa shape index (κ1) is 15.2. The zero-order valence-corrected chi connectivity index (χ0v) is 13.9. The average molecular weight is 301 g/mol. The first-order valence-corrected chi connectivity index (χ1v) is 9.43. The van der Waals surface area contributed by atoms with Crippen molar-refractivity contribution in [2.45, 2.75) is 68.1 Å². The number of allylic oxidation sites excluding steroid dienone is 1. The van der Waals surface area contributed by atoms with Crippen LogP contribution in [0.4, 0.5) is 0 Å². The van der Waals surface area contributed by atoms with Gasteiger partial charge in [0.25, 0.3) is 0 Å². The molecule has 0 amide bonds. The van der Waals surface area contributed by atoms with Gasteiger partial charge >= 0.3 is 0 Å². The minimum Gasteiger partial charge on any atom is -0.309 e. The molecule has 1 aliphatic heterocycles. The van der Waals surface area contributed by atoms with Gasteiger partial charge in [-0.15, -0.1) is 11.8 Å². The fourth-order valence-electron chi connectivity index (χ4n) is 3.52. The Kier molecular flexibility index (Phi) is 5.43. The van der Waals surface area contributed by atoms with Crippen molar-refractivity contribution in [2.75, 3.05) is 6.54 Å². The van der Waals surface area contributed by atoms with Crippen molar-refractivity contribution < 1.29 is 0 Å². The lowest BCUT2D eigenvalue weighted by molar-refractivity contribution is 0.529. The standard InChI is InChI=1S/C19H27NS/c1-2-13-20-19(15-9-5-3-4-6-10-15)18-14-16-11-7-8-12-17(16)21-18/h7-9,11-12,18-20H,2-6,10,13-14H2,1H3. The summed E-state index contributed by atoms with van der Waals surface area (Å²) < 4.78 is 0. The molecule has 1 N–H and O–H groups in total. The topological polar surface area (TPSA) is 12.0 Å². The third-order valence-corrected chi connectivity index (χ3v) is 6.03. The molecule has 2 aliphatic rings. The molecule has 114 valence electrons. The highest BCUT2D eigenvalue weighted by Crippen LogP contribution is 2.40. The zero-order chi connectivity index (χ0) is 14.5. The molecule has 1 aliphatic carbocycles. The second-order valence-corrected chi connectivity index (χ2v) is 7.56. The van der Waals surface area contributed by atoms with E-state index in [0.29, 0.717) is 11.3 Å². The van der Waals surface area contributed by atoms with E-state index in [1.165, 1.54) is 49.8 Å². The molecule has 0 bridgehead atoms. The maximum absolute atomic E-state index is 3.85. The van der Waals surface area contributed by atoms with E-state index in [-0.39, 0.29) is 0 Å². The van der Waals surface area contributed by atoms with Crippen molar-refractivity contribution in [3.63, 3.8) is 0 Å². The van der Waals surface area contributed by atoms with Gasteiger partial charge in [0.2, 0.25) is 0 Å². The molecule has 2 heteroatoms. The van der Waals surface area contributed by atoms with Crippen LogP contribution in [0.1, 0.15) is 51.0 Å². The molecular formula is C19H27NS.